The molecule has 21 heavy (non-hydrogen) atoms. The van der Waals surface area contributed by atoms with Gasteiger partial charge in [-0.1, -0.05) is 50.6 Å². The van der Waals surface area contributed by atoms with E-state index in [0.717, 1.165) is 6.54 Å². The molecule has 1 N–H and O–H groups in total. The SMILES string of the molecule is CC1(C)C2(CCC2)C12CC(CO)N(Cc1ccccc1)C2. The lowest BCUT2D eigenvalue weighted by molar-refractivity contribution is 0.152. The van der Waals surface area contributed by atoms with Gasteiger partial charge in [0.05, 0.1) is 6.61 Å². The van der Waals surface area contributed by atoms with Crippen LogP contribution in [0.3, 0.4) is 0 Å². The molecule has 0 amide bonds. The fourth-order valence-electron chi connectivity index (χ4n) is 5.95. The van der Waals surface area contributed by atoms with Crippen molar-refractivity contribution in [1.82, 2.24) is 4.90 Å². The van der Waals surface area contributed by atoms with Crippen LogP contribution in [0.4, 0.5) is 0 Å². The van der Waals surface area contributed by atoms with Gasteiger partial charge in [-0.25, -0.2) is 0 Å². The van der Waals surface area contributed by atoms with Gasteiger partial charge >= 0.3 is 0 Å². The van der Waals surface area contributed by atoms with Crippen molar-refractivity contribution in [2.45, 2.75) is 52.1 Å². The van der Waals surface area contributed by atoms with Gasteiger partial charge in [-0.15, -0.1) is 0 Å². The third-order valence-electron chi connectivity index (χ3n) is 7.47. The summed E-state index contributed by atoms with van der Waals surface area (Å²) >= 11 is 0. The van der Waals surface area contributed by atoms with Crippen LogP contribution in [0.5, 0.6) is 0 Å². The predicted octanol–water partition coefficient (Wildman–Crippen LogP) is 3.45. The minimum Gasteiger partial charge on any atom is -0.395 e. The summed E-state index contributed by atoms with van der Waals surface area (Å²) in [5.41, 5.74) is 2.91. The van der Waals surface area contributed by atoms with Gasteiger partial charge in [0.2, 0.25) is 0 Å². The highest BCUT2D eigenvalue weighted by atomic mass is 16.3. The van der Waals surface area contributed by atoms with E-state index >= 15 is 0 Å². The molecule has 1 aromatic carbocycles. The van der Waals surface area contributed by atoms with E-state index < -0.39 is 0 Å². The normalized spacial score (nSPS) is 36.0. The number of aliphatic hydroxyl groups is 1. The minimum atomic E-state index is 0.306. The molecule has 114 valence electrons. The van der Waals surface area contributed by atoms with Crippen LogP contribution in [0.15, 0.2) is 30.3 Å². The number of nitrogens with zero attached hydrogens (tertiary/aromatic N) is 1. The first-order valence-electron chi connectivity index (χ1n) is 8.45. The zero-order valence-corrected chi connectivity index (χ0v) is 13.3. The van der Waals surface area contributed by atoms with Gasteiger partial charge in [-0.3, -0.25) is 4.90 Å². The maximum atomic E-state index is 9.86. The van der Waals surface area contributed by atoms with Crippen LogP contribution >= 0.6 is 0 Å². The summed E-state index contributed by atoms with van der Waals surface area (Å²) in [6, 6.07) is 11.1. The maximum absolute atomic E-state index is 9.86. The fraction of sp³-hybridized carbons (Fsp3) is 0.684. The topological polar surface area (TPSA) is 23.5 Å². The molecule has 1 aliphatic heterocycles. The minimum absolute atomic E-state index is 0.306. The Bertz CT molecular complexity index is 534. The average Bonchev–Trinajstić information content (AvgIpc) is 2.68. The van der Waals surface area contributed by atoms with Crippen LogP contribution in [0.2, 0.25) is 0 Å². The molecule has 0 aromatic heterocycles. The number of fused-ring (bicyclic) bond motifs is 1. The highest BCUT2D eigenvalue weighted by Crippen LogP contribution is 2.88. The third-order valence-corrected chi connectivity index (χ3v) is 7.47. The lowest BCUT2D eigenvalue weighted by Crippen LogP contribution is -2.32. The Morgan fingerprint density at radius 1 is 1.14 bits per heavy atom. The smallest absolute Gasteiger partial charge is 0.0587 e. The van der Waals surface area contributed by atoms with E-state index in [2.05, 4.69) is 49.1 Å². The van der Waals surface area contributed by atoms with E-state index in [-0.39, 0.29) is 0 Å². The molecule has 2 saturated carbocycles. The van der Waals surface area contributed by atoms with Gasteiger partial charge in [0.25, 0.3) is 0 Å². The second-order valence-corrected chi connectivity index (χ2v) is 8.07. The fourth-order valence-corrected chi connectivity index (χ4v) is 5.95. The number of benzene rings is 1. The lowest BCUT2D eigenvalue weighted by Gasteiger charge is -2.32. The molecule has 2 nitrogen and oxygen atoms in total. The van der Waals surface area contributed by atoms with Crippen LogP contribution in [-0.4, -0.2) is 29.2 Å². The van der Waals surface area contributed by atoms with Crippen molar-refractivity contribution in [3.63, 3.8) is 0 Å². The molecule has 2 spiro atoms. The Labute approximate surface area is 128 Å². The Kier molecular flexibility index (Phi) is 2.84. The first-order valence-corrected chi connectivity index (χ1v) is 8.45. The van der Waals surface area contributed by atoms with E-state index in [9.17, 15) is 5.11 Å². The number of aliphatic hydroxyl groups excluding tert-OH is 1. The van der Waals surface area contributed by atoms with E-state index in [1.807, 2.05) is 0 Å². The summed E-state index contributed by atoms with van der Waals surface area (Å²) in [6.07, 6.45) is 5.44. The molecule has 0 bridgehead atoms. The standard InChI is InChI=1S/C19H27NO/c1-17(2)18(9-6-10-18)19(17)11-16(13-21)20(14-19)12-15-7-4-3-5-8-15/h3-5,7-8,16,21H,6,9-14H2,1-2H3. The summed E-state index contributed by atoms with van der Waals surface area (Å²) in [5, 5.41) is 9.86. The largest absolute Gasteiger partial charge is 0.395 e. The molecule has 2 atom stereocenters. The van der Waals surface area contributed by atoms with Crippen LogP contribution in [0.25, 0.3) is 0 Å². The first kappa shape index (κ1) is 13.8. The van der Waals surface area contributed by atoms with Crippen molar-refractivity contribution in [1.29, 1.82) is 0 Å². The van der Waals surface area contributed by atoms with Crippen LogP contribution in [-0.2, 0) is 6.54 Å². The first-order chi connectivity index (χ1) is 10.1. The molecular weight excluding hydrogens is 258 g/mol. The number of hydrogen-bond acceptors (Lipinski definition) is 2. The van der Waals surface area contributed by atoms with E-state index in [4.69, 9.17) is 0 Å². The number of rotatable bonds is 3. The molecule has 2 heteroatoms. The average molecular weight is 285 g/mol. The van der Waals surface area contributed by atoms with Crippen LogP contribution in [0.1, 0.15) is 45.1 Å². The molecule has 1 heterocycles. The Balaban J connectivity index is 1.57. The van der Waals surface area contributed by atoms with Crippen molar-refractivity contribution < 1.29 is 5.11 Å². The molecule has 2 aliphatic carbocycles. The molecule has 4 rings (SSSR count). The Hall–Kier alpha value is -0.860. The highest BCUT2D eigenvalue weighted by Gasteiger charge is 2.84. The highest BCUT2D eigenvalue weighted by molar-refractivity contribution is 5.33. The van der Waals surface area contributed by atoms with E-state index in [1.54, 1.807) is 0 Å². The van der Waals surface area contributed by atoms with Crippen molar-refractivity contribution in [2.24, 2.45) is 16.2 Å². The molecule has 0 radical (unpaired) electrons. The molecule has 3 fully saturated rings. The van der Waals surface area contributed by atoms with Gasteiger partial charge in [0.1, 0.15) is 0 Å². The van der Waals surface area contributed by atoms with E-state index in [1.165, 1.54) is 37.8 Å². The second kappa shape index (κ2) is 4.33. The summed E-state index contributed by atoms with van der Waals surface area (Å²) in [6.45, 7) is 7.43. The monoisotopic (exact) mass is 285 g/mol. The van der Waals surface area contributed by atoms with Crippen molar-refractivity contribution in [2.75, 3.05) is 13.2 Å². The molecular formula is C19H27NO. The number of likely N-dealkylation sites (tertiary alicyclic amines) is 1. The summed E-state index contributed by atoms with van der Waals surface area (Å²) in [7, 11) is 0. The molecule has 2 unspecified atom stereocenters. The van der Waals surface area contributed by atoms with Crippen LogP contribution in [0, 0.1) is 16.2 Å². The quantitative estimate of drug-likeness (QED) is 0.919. The Morgan fingerprint density at radius 2 is 1.86 bits per heavy atom. The predicted molar refractivity (Wildman–Crippen MR) is 84.8 cm³/mol. The maximum Gasteiger partial charge on any atom is 0.0587 e. The number of hydrogen-bond donors (Lipinski definition) is 1. The van der Waals surface area contributed by atoms with Gasteiger partial charge in [-0.05, 0) is 41.1 Å². The van der Waals surface area contributed by atoms with Crippen LogP contribution < -0.4 is 0 Å². The third kappa shape index (κ3) is 1.55. The van der Waals surface area contributed by atoms with E-state index in [0.29, 0.717) is 28.9 Å². The Morgan fingerprint density at radius 3 is 2.38 bits per heavy atom. The zero-order chi connectivity index (χ0) is 14.7. The second-order valence-electron chi connectivity index (χ2n) is 8.07. The molecule has 1 saturated heterocycles. The van der Waals surface area contributed by atoms with Gasteiger partial charge in [0.15, 0.2) is 0 Å². The molecule has 3 aliphatic rings. The van der Waals surface area contributed by atoms with Gasteiger partial charge < -0.3 is 5.11 Å². The summed E-state index contributed by atoms with van der Waals surface area (Å²) in [5.74, 6) is 0. The van der Waals surface area contributed by atoms with Crippen molar-refractivity contribution in [3.8, 4) is 0 Å². The summed E-state index contributed by atoms with van der Waals surface area (Å²) < 4.78 is 0. The van der Waals surface area contributed by atoms with Gasteiger partial charge in [-0.2, -0.15) is 0 Å². The zero-order valence-electron chi connectivity index (χ0n) is 13.3. The summed E-state index contributed by atoms with van der Waals surface area (Å²) in [4.78, 5) is 2.55. The van der Waals surface area contributed by atoms with Gasteiger partial charge in [0, 0.05) is 19.1 Å². The van der Waals surface area contributed by atoms with Crippen molar-refractivity contribution in [3.05, 3.63) is 35.9 Å². The lowest BCUT2D eigenvalue weighted by atomic mass is 9.73. The van der Waals surface area contributed by atoms with Crippen molar-refractivity contribution >= 4 is 0 Å². The molecule has 1 aromatic rings.